The lowest BCUT2D eigenvalue weighted by molar-refractivity contribution is 0.0656. The van der Waals surface area contributed by atoms with Gasteiger partial charge in [-0.2, -0.15) is 0 Å². The van der Waals surface area contributed by atoms with Gasteiger partial charge in [0.2, 0.25) is 10.0 Å². The molecular formula is C16H28N2O4S. The van der Waals surface area contributed by atoms with E-state index in [0.29, 0.717) is 6.42 Å². The van der Waals surface area contributed by atoms with Gasteiger partial charge in [0.15, 0.2) is 0 Å². The van der Waals surface area contributed by atoms with Gasteiger partial charge >= 0.3 is 0 Å². The monoisotopic (exact) mass is 344 g/mol. The minimum Gasteiger partial charge on any atom is -0.391 e. The van der Waals surface area contributed by atoms with Crippen LogP contribution in [0, 0.1) is 0 Å². The van der Waals surface area contributed by atoms with Crippen molar-refractivity contribution in [1.29, 1.82) is 0 Å². The summed E-state index contributed by atoms with van der Waals surface area (Å²) in [6, 6.07) is 8.87. The molecule has 1 rings (SSSR count). The minimum atomic E-state index is -3.82. The lowest BCUT2D eigenvalue weighted by atomic mass is 9.95. The molecule has 132 valence electrons. The Morgan fingerprint density at radius 3 is 2.26 bits per heavy atom. The zero-order valence-corrected chi connectivity index (χ0v) is 14.5. The predicted octanol–water partition coefficient (Wildman–Crippen LogP) is 0.516. The molecule has 6 nitrogen and oxygen atoms in total. The molecule has 0 saturated carbocycles. The van der Waals surface area contributed by atoms with Crippen LogP contribution in [0.2, 0.25) is 0 Å². The number of aliphatic hydroxyl groups excluding tert-OH is 1. The summed E-state index contributed by atoms with van der Waals surface area (Å²) in [6.45, 7) is 3.20. The fraction of sp³-hybridized carbons (Fsp3) is 0.625. The number of hydrogen-bond acceptors (Lipinski definition) is 5. The first-order valence-corrected chi connectivity index (χ1v) is 9.31. The predicted molar refractivity (Wildman–Crippen MR) is 91.2 cm³/mol. The van der Waals surface area contributed by atoms with Crippen LogP contribution >= 0.6 is 0 Å². The molecule has 6 N–H and O–H groups in total. The molecule has 0 bridgehead atoms. The first-order chi connectivity index (χ1) is 10.5. The summed E-state index contributed by atoms with van der Waals surface area (Å²) in [7, 11) is -3.82. The van der Waals surface area contributed by atoms with Crippen molar-refractivity contribution in [3.8, 4) is 0 Å². The Bertz CT molecular complexity index is 569. The molecule has 7 heteroatoms. The summed E-state index contributed by atoms with van der Waals surface area (Å²) >= 11 is 0. The van der Waals surface area contributed by atoms with Crippen molar-refractivity contribution in [3.63, 3.8) is 0 Å². The van der Waals surface area contributed by atoms with E-state index in [0.717, 1.165) is 5.56 Å². The Morgan fingerprint density at radius 2 is 1.78 bits per heavy atom. The highest BCUT2D eigenvalue weighted by Crippen LogP contribution is 2.20. The first-order valence-electron chi connectivity index (χ1n) is 7.70. The van der Waals surface area contributed by atoms with Gasteiger partial charge in [0.1, 0.15) is 0 Å². The number of hydrogen-bond donors (Lipinski definition) is 4. The lowest BCUT2D eigenvalue weighted by Gasteiger charge is -2.25. The third-order valence-electron chi connectivity index (χ3n) is 3.86. The van der Waals surface area contributed by atoms with E-state index in [9.17, 15) is 18.6 Å². The van der Waals surface area contributed by atoms with Gasteiger partial charge in [-0.3, -0.25) is 0 Å². The molecule has 0 amide bonds. The van der Waals surface area contributed by atoms with Crippen LogP contribution in [0.25, 0.3) is 0 Å². The molecule has 23 heavy (non-hydrogen) atoms. The Kier molecular flexibility index (Phi) is 7.16. The molecule has 0 aromatic heterocycles. The number of rotatable bonds is 9. The van der Waals surface area contributed by atoms with Gasteiger partial charge < -0.3 is 15.9 Å². The van der Waals surface area contributed by atoms with Gasteiger partial charge in [0.05, 0.1) is 17.0 Å². The summed E-state index contributed by atoms with van der Waals surface area (Å²) in [5.74, 6) is 0. The molecule has 0 spiro atoms. The van der Waals surface area contributed by atoms with Crippen LogP contribution in [0.3, 0.4) is 0 Å². The molecule has 0 saturated heterocycles. The second-order valence-electron chi connectivity index (χ2n) is 6.72. The fourth-order valence-corrected chi connectivity index (χ4v) is 3.31. The third-order valence-corrected chi connectivity index (χ3v) is 5.21. The molecule has 0 radical (unpaired) electrons. The zero-order chi connectivity index (χ0) is 17.7. The van der Waals surface area contributed by atoms with Crippen LogP contribution in [0.15, 0.2) is 30.3 Å². The van der Waals surface area contributed by atoms with Crippen LogP contribution in [0.5, 0.6) is 0 Å². The standard InChI is InChI=1S/C16H28N2O4S/c1-16(2,20)9-8-13(23(18,21)22)11-15(19)14(17)10-12-6-4-3-5-7-12/h3-7,13-15,19-20H,8-11,17H2,1-2H3,(H2,18,21,22)/t13-,14+,15+/m1/s1. The van der Waals surface area contributed by atoms with Crippen molar-refractivity contribution in [2.45, 2.75) is 62.5 Å². The average molecular weight is 344 g/mol. The molecule has 0 aliphatic heterocycles. The molecule has 0 unspecified atom stereocenters. The molecule has 3 atom stereocenters. The maximum Gasteiger partial charge on any atom is 0.212 e. The number of nitrogens with two attached hydrogens (primary N) is 2. The molecular weight excluding hydrogens is 316 g/mol. The van der Waals surface area contributed by atoms with Crippen molar-refractivity contribution in [1.82, 2.24) is 0 Å². The van der Waals surface area contributed by atoms with E-state index in [1.807, 2.05) is 30.3 Å². The number of primary sulfonamides is 1. The molecule has 0 aliphatic carbocycles. The molecule has 1 aromatic carbocycles. The topological polar surface area (TPSA) is 127 Å². The summed E-state index contributed by atoms with van der Waals surface area (Å²) in [4.78, 5) is 0. The smallest absolute Gasteiger partial charge is 0.212 e. The molecule has 1 aromatic rings. The highest BCUT2D eigenvalue weighted by Gasteiger charge is 2.29. The van der Waals surface area contributed by atoms with E-state index >= 15 is 0 Å². The second kappa shape index (κ2) is 8.21. The van der Waals surface area contributed by atoms with Crippen LogP contribution < -0.4 is 10.9 Å². The number of sulfonamides is 1. The van der Waals surface area contributed by atoms with Gasteiger partial charge in [0, 0.05) is 6.04 Å². The van der Waals surface area contributed by atoms with Crippen molar-refractivity contribution in [3.05, 3.63) is 35.9 Å². The van der Waals surface area contributed by atoms with Gasteiger partial charge in [-0.1, -0.05) is 30.3 Å². The van der Waals surface area contributed by atoms with E-state index in [1.54, 1.807) is 13.8 Å². The minimum absolute atomic E-state index is 0.0388. The summed E-state index contributed by atoms with van der Waals surface area (Å²) in [6.07, 6.45) is -0.125. The summed E-state index contributed by atoms with van der Waals surface area (Å²) < 4.78 is 23.4. The maximum absolute atomic E-state index is 11.7. The highest BCUT2D eigenvalue weighted by molar-refractivity contribution is 7.89. The quantitative estimate of drug-likeness (QED) is 0.519. The normalized spacial score (nSPS) is 16.8. The van der Waals surface area contributed by atoms with Crippen LogP contribution in [0.1, 0.15) is 38.7 Å². The average Bonchev–Trinajstić information content (AvgIpc) is 2.41. The van der Waals surface area contributed by atoms with E-state index in [-0.39, 0.29) is 19.3 Å². The van der Waals surface area contributed by atoms with Gasteiger partial charge in [-0.15, -0.1) is 0 Å². The lowest BCUT2D eigenvalue weighted by Crippen LogP contribution is -2.42. The zero-order valence-electron chi connectivity index (χ0n) is 13.7. The van der Waals surface area contributed by atoms with E-state index in [2.05, 4.69) is 0 Å². The largest absolute Gasteiger partial charge is 0.391 e. The SMILES string of the molecule is CC(C)(O)CC[C@H](C[C@H](O)[C@@H](N)Cc1ccccc1)S(N)(=O)=O. The molecule has 0 heterocycles. The maximum atomic E-state index is 11.7. The van der Waals surface area contributed by atoms with Crippen molar-refractivity contribution in [2.75, 3.05) is 0 Å². The van der Waals surface area contributed by atoms with Crippen LogP contribution in [-0.2, 0) is 16.4 Å². The van der Waals surface area contributed by atoms with Crippen molar-refractivity contribution in [2.24, 2.45) is 10.9 Å². The van der Waals surface area contributed by atoms with Crippen LogP contribution in [-0.4, -0.2) is 41.6 Å². The number of benzene rings is 1. The second-order valence-corrected chi connectivity index (χ2v) is 8.56. The van der Waals surface area contributed by atoms with Gasteiger partial charge in [-0.05, 0) is 45.1 Å². The van der Waals surface area contributed by atoms with E-state index < -0.39 is 33.0 Å². The first kappa shape index (κ1) is 20.1. The van der Waals surface area contributed by atoms with E-state index in [1.165, 1.54) is 0 Å². The number of aliphatic hydroxyl groups is 2. The Morgan fingerprint density at radius 1 is 1.22 bits per heavy atom. The fourth-order valence-electron chi connectivity index (χ4n) is 2.40. The van der Waals surface area contributed by atoms with Crippen LogP contribution in [0.4, 0.5) is 0 Å². The molecule has 0 fully saturated rings. The molecule has 0 aliphatic rings. The van der Waals surface area contributed by atoms with Crippen molar-refractivity contribution < 1.29 is 18.6 Å². The summed E-state index contributed by atoms with van der Waals surface area (Å²) in [5, 5.41) is 24.3. The van der Waals surface area contributed by atoms with Gasteiger partial charge in [0.25, 0.3) is 0 Å². The highest BCUT2D eigenvalue weighted by atomic mass is 32.2. The van der Waals surface area contributed by atoms with Crippen molar-refractivity contribution >= 4 is 10.0 Å². The van der Waals surface area contributed by atoms with Gasteiger partial charge in [-0.25, -0.2) is 13.6 Å². The third kappa shape index (κ3) is 7.90. The Labute approximate surface area is 138 Å². The Balaban J connectivity index is 2.67. The summed E-state index contributed by atoms with van der Waals surface area (Å²) in [5.41, 5.74) is 5.98. The van der Waals surface area contributed by atoms with E-state index in [4.69, 9.17) is 10.9 Å². The Hall–Kier alpha value is -0.990.